The van der Waals surface area contributed by atoms with Gasteiger partial charge in [0.15, 0.2) is 0 Å². The lowest BCUT2D eigenvalue weighted by Gasteiger charge is -2.35. The van der Waals surface area contributed by atoms with E-state index in [-0.39, 0.29) is 0 Å². The third-order valence-electron chi connectivity index (χ3n) is 13.6. The van der Waals surface area contributed by atoms with Crippen molar-refractivity contribution in [2.75, 3.05) is 4.90 Å². The first-order chi connectivity index (χ1) is 32.8. The van der Waals surface area contributed by atoms with Crippen LogP contribution < -0.4 is 4.90 Å². The molecule has 66 heavy (non-hydrogen) atoms. The minimum atomic E-state index is -0.546. The van der Waals surface area contributed by atoms with E-state index >= 15 is 0 Å². The number of benzene rings is 11. The van der Waals surface area contributed by atoms with Gasteiger partial charge in [-0.15, -0.1) is 0 Å². The van der Waals surface area contributed by atoms with Crippen molar-refractivity contribution in [1.29, 1.82) is 0 Å². The van der Waals surface area contributed by atoms with Gasteiger partial charge in [0, 0.05) is 16.7 Å². The van der Waals surface area contributed by atoms with Gasteiger partial charge in [0.05, 0.1) is 22.5 Å². The molecule has 0 heterocycles. The maximum atomic E-state index is 2.54. The second kappa shape index (κ2) is 16.6. The number of anilines is 3. The van der Waals surface area contributed by atoms with Crippen LogP contribution in [0.15, 0.2) is 273 Å². The second-order valence-corrected chi connectivity index (χ2v) is 17.1. The summed E-state index contributed by atoms with van der Waals surface area (Å²) in [6, 6.07) is 100. The SMILES string of the molecule is c1ccc(-c2ccc(-c3ccccc3N(c3ccccc3-c3cccc(-c4cccc5ccccc45)c3)c3cccc4c3-c3ccccc3C4(c3ccccc3)c3ccccc3)cc2)cc1. The number of hydrogen-bond donors (Lipinski definition) is 0. The van der Waals surface area contributed by atoms with Gasteiger partial charge < -0.3 is 4.90 Å². The van der Waals surface area contributed by atoms with E-state index in [2.05, 4.69) is 278 Å². The summed E-state index contributed by atoms with van der Waals surface area (Å²) >= 11 is 0. The van der Waals surface area contributed by atoms with Crippen molar-refractivity contribution in [2.24, 2.45) is 0 Å². The third kappa shape index (κ3) is 6.47. The largest absolute Gasteiger partial charge is 0.309 e. The molecular formula is C65H45N. The van der Waals surface area contributed by atoms with Gasteiger partial charge in [-0.1, -0.05) is 249 Å². The van der Waals surface area contributed by atoms with Crippen LogP contribution in [0.2, 0.25) is 0 Å². The monoisotopic (exact) mass is 839 g/mol. The minimum absolute atomic E-state index is 0.546. The fourth-order valence-electron chi connectivity index (χ4n) is 10.7. The smallest absolute Gasteiger partial charge is 0.0714 e. The van der Waals surface area contributed by atoms with Gasteiger partial charge >= 0.3 is 0 Å². The summed E-state index contributed by atoms with van der Waals surface area (Å²) in [5.74, 6) is 0. The van der Waals surface area contributed by atoms with Crippen molar-refractivity contribution in [3.05, 3.63) is 295 Å². The molecule has 0 amide bonds. The summed E-state index contributed by atoms with van der Waals surface area (Å²) in [5.41, 5.74) is 19.7. The Morgan fingerprint density at radius 3 is 1.38 bits per heavy atom. The first kappa shape index (κ1) is 39.1. The van der Waals surface area contributed by atoms with E-state index in [4.69, 9.17) is 0 Å². The van der Waals surface area contributed by atoms with Gasteiger partial charge in [-0.3, -0.25) is 0 Å². The lowest BCUT2D eigenvalue weighted by atomic mass is 9.68. The van der Waals surface area contributed by atoms with E-state index in [1.807, 2.05) is 0 Å². The molecule has 1 heteroatoms. The Kier molecular flexibility index (Phi) is 9.81. The lowest BCUT2D eigenvalue weighted by molar-refractivity contribution is 0.768. The Bertz CT molecular complexity index is 3470. The van der Waals surface area contributed by atoms with Gasteiger partial charge in [0.25, 0.3) is 0 Å². The molecule has 1 aliphatic rings. The Balaban J connectivity index is 1.13. The van der Waals surface area contributed by atoms with Gasteiger partial charge in [0.1, 0.15) is 0 Å². The second-order valence-electron chi connectivity index (χ2n) is 17.1. The van der Waals surface area contributed by atoms with E-state index in [1.54, 1.807) is 0 Å². The summed E-state index contributed by atoms with van der Waals surface area (Å²) in [6.07, 6.45) is 0. The zero-order chi connectivity index (χ0) is 43.9. The van der Waals surface area contributed by atoms with Crippen molar-refractivity contribution in [3.8, 4) is 55.6 Å². The van der Waals surface area contributed by atoms with Crippen molar-refractivity contribution in [2.45, 2.75) is 5.41 Å². The van der Waals surface area contributed by atoms with Crippen molar-refractivity contribution >= 4 is 27.8 Å². The molecule has 11 aromatic carbocycles. The highest BCUT2D eigenvalue weighted by atomic mass is 15.2. The van der Waals surface area contributed by atoms with Gasteiger partial charge in [-0.2, -0.15) is 0 Å². The molecular weight excluding hydrogens is 795 g/mol. The molecule has 0 radical (unpaired) electrons. The average molecular weight is 840 g/mol. The van der Waals surface area contributed by atoms with Crippen LogP contribution in [0.4, 0.5) is 17.1 Å². The molecule has 310 valence electrons. The highest BCUT2D eigenvalue weighted by molar-refractivity contribution is 6.03. The van der Waals surface area contributed by atoms with Crippen molar-refractivity contribution in [1.82, 2.24) is 0 Å². The molecule has 0 aliphatic heterocycles. The molecule has 1 nitrogen and oxygen atoms in total. The summed E-state index contributed by atoms with van der Waals surface area (Å²) in [4.78, 5) is 2.54. The van der Waals surface area contributed by atoms with E-state index in [9.17, 15) is 0 Å². The van der Waals surface area contributed by atoms with Gasteiger partial charge in [-0.25, -0.2) is 0 Å². The van der Waals surface area contributed by atoms with Crippen LogP contribution in [0.5, 0.6) is 0 Å². The summed E-state index contributed by atoms with van der Waals surface area (Å²) in [6.45, 7) is 0. The predicted octanol–water partition coefficient (Wildman–Crippen LogP) is 17.3. The summed E-state index contributed by atoms with van der Waals surface area (Å²) in [7, 11) is 0. The number of para-hydroxylation sites is 2. The van der Waals surface area contributed by atoms with Crippen molar-refractivity contribution in [3.63, 3.8) is 0 Å². The molecule has 0 unspecified atom stereocenters. The number of rotatable bonds is 9. The topological polar surface area (TPSA) is 3.24 Å². The minimum Gasteiger partial charge on any atom is -0.309 e. The quantitative estimate of drug-likeness (QED) is 0.140. The highest BCUT2D eigenvalue weighted by Crippen LogP contribution is 2.60. The van der Waals surface area contributed by atoms with Crippen LogP contribution in [0.3, 0.4) is 0 Å². The van der Waals surface area contributed by atoms with Crippen LogP contribution in [-0.2, 0) is 5.41 Å². The Hall–Kier alpha value is -8.52. The zero-order valence-corrected chi connectivity index (χ0v) is 36.4. The molecule has 0 fully saturated rings. The fourth-order valence-corrected chi connectivity index (χ4v) is 10.7. The molecule has 0 bridgehead atoms. The molecule has 0 saturated heterocycles. The predicted molar refractivity (Wildman–Crippen MR) is 278 cm³/mol. The maximum Gasteiger partial charge on any atom is 0.0714 e. The van der Waals surface area contributed by atoms with Crippen LogP contribution in [-0.4, -0.2) is 0 Å². The summed E-state index contributed by atoms with van der Waals surface area (Å²) < 4.78 is 0. The average Bonchev–Trinajstić information content (AvgIpc) is 3.71. The van der Waals surface area contributed by atoms with E-state index in [0.29, 0.717) is 0 Å². The Labute approximate surface area is 387 Å². The molecule has 11 aromatic rings. The molecule has 0 aromatic heterocycles. The molecule has 0 atom stereocenters. The number of hydrogen-bond acceptors (Lipinski definition) is 1. The van der Waals surface area contributed by atoms with Gasteiger partial charge in [-0.05, 0) is 96.2 Å². The zero-order valence-electron chi connectivity index (χ0n) is 36.4. The number of nitrogens with zero attached hydrogens (tertiary/aromatic N) is 1. The normalized spacial score (nSPS) is 12.4. The van der Waals surface area contributed by atoms with Crippen LogP contribution >= 0.6 is 0 Å². The standard InChI is InChI=1S/C65H45N/c1-4-21-46(22-5-1)47-41-43-49(44-42-47)56-32-13-16-38-61(56)66(62-39-17-14-33-57(62)51-26-18-25-50(45-51)55-35-19-24-48-23-10-11-31-54(48)55)63-40-20-37-60-64(63)58-34-12-15-36-59(58)65(60,52-27-6-2-7-28-52)53-29-8-3-9-30-53/h1-45H. The number of fused-ring (bicyclic) bond motifs is 4. The molecule has 0 N–H and O–H groups in total. The van der Waals surface area contributed by atoms with Crippen LogP contribution in [0.25, 0.3) is 66.4 Å². The third-order valence-corrected chi connectivity index (χ3v) is 13.6. The van der Waals surface area contributed by atoms with Crippen LogP contribution in [0, 0.1) is 0 Å². The Morgan fingerprint density at radius 2 is 0.682 bits per heavy atom. The highest BCUT2D eigenvalue weighted by Gasteiger charge is 2.47. The summed E-state index contributed by atoms with van der Waals surface area (Å²) in [5, 5.41) is 2.48. The lowest BCUT2D eigenvalue weighted by Crippen LogP contribution is -2.28. The molecule has 0 spiro atoms. The molecule has 0 saturated carbocycles. The van der Waals surface area contributed by atoms with Crippen molar-refractivity contribution < 1.29 is 0 Å². The fraction of sp³-hybridized carbons (Fsp3) is 0.0154. The van der Waals surface area contributed by atoms with E-state index in [1.165, 1.54) is 66.4 Å². The first-order valence-electron chi connectivity index (χ1n) is 22.8. The van der Waals surface area contributed by atoms with Crippen LogP contribution in [0.1, 0.15) is 22.3 Å². The van der Waals surface area contributed by atoms with E-state index in [0.717, 1.165) is 39.3 Å². The van der Waals surface area contributed by atoms with E-state index < -0.39 is 5.41 Å². The molecule has 12 rings (SSSR count). The maximum absolute atomic E-state index is 2.54. The Morgan fingerprint density at radius 1 is 0.258 bits per heavy atom. The van der Waals surface area contributed by atoms with Gasteiger partial charge in [0.2, 0.25) is 0 Å². The first-order valence-corrected chi connectivity index (χ1v) is 22.8. The molecule has 1 aliphatic carbocycles.